The van der Waals surface area contributed by atoms with Gasteiger partial charge < -0.3 is 9.47 Å². The molecule has 0 N–H and O–H groups in total. The molecule has 0 radical (unpaired) electrons. The third kappa shape index (κ3) is 1.97. The van der Waals surface area contributed by atoms with Crippen LogP contribution >= 0.6 is 11.3 Å². The molecule has 0 bridgehead atoms. The molecule has 0 aliphatic rings. The maximum absolute atomic E-state index is 5.29. The third-order valence-electron chi connectivity index (χ3n) is 1.88. The Morgan fingerprint density at radius 3 is 2.15 bits per heavy atom. The fourth-order valence-corrected chi connectivity index (χ4v) is 2.35. The summed E-state index contributed by atoms with van der Waals surface area (Å²) in [4.78, 5) is 0. The molecule has 1 rings (SSSR count). The van der Waals surface area contributed by atoms with Gasteiger partial charge in [0.05, 0.1) is 19.8 Å². The Morgan fingerprint density at radius 2 is 1.77 bits per heavy atom. The van der Waals surface area contributed by atoms with Gasteiger partial charge in [-0.15, -0.1) is 11.3 Å². The van der Waals surface area contributed by atoms with Crippen molar-refractivity contribution in [3.05, 3.63) is 10.9 Å². The number of hydrogen-bond acceptors (Lipinski definition) is 3. The Balaban J connectivity index is 3.20. The van der Waals surface area contributed by atoms with Crippen LogP contribution in [0.1, 0.15) is 26.3 Å². The summed E-state index contributed by atoms with van der Waals surface area (Å²) in [5.74, 6) is 0.925. The van der Waals surface area contributed by atoms with Crippen LogP contribution in [0.15, 0.2) is 5.38 Å². The van der Waals surface area contributed by atoms with Gasteiger partial charge in [-0.05, 0) is 5.41 Å². The van der Waals surface area contributed by atoms with E-state index in [0.717, 1.165) is 16.4 Å². The molecular formula is C10H16O2S. The van der Waals surface area contributed by atoms with E-state index in [0.29, 0.717) is 0 Å². The van der Waals surface area contributed by atoms with E-state index in [4.69, 9.17) is 9.47 Å². The molecule has 0 atom stereocenters. The van der Waals surface area contributed by atoms with Crippen molar-refractivity contribution in [1.82, 2.24) is 0 Å². The summed E-state index contributed by atoms with van der Waals surface area (Å²) >= 11 is 1.58. The van der Waals surface area contributed by atoms with Gasteiger partial charge in [0, 0.05) is 5.38 Å². The van der Waals surface area contributed by atoms with Gasteiger partial charge in [0.15, 0.2) is 5.06 Å². The van der Waals surface area contributed by atoms with Crippen molar-refractivity contribution in [1.29, 1.82) is 0 Å². The van der Waals surface area contributed by atoms with Gasteiger partial charge >= 0.3 is 0 Å². The minimum absolute atomic E-state index is 0.0662. The molecule has 3 heteroatoms. The first-order chi connectivity index (χ1) is 6.00. The monoisotopic (exact) mass is 200 g/mol. The summed E-state index contributed by atoms with van der Waals surface area (Å²) < 4.78 is 10.6. The van der Waals surface area contributed by atoms with E-state index >= 15 is 0 Å². The molecule has 0 aromatic carbocycles. The Hall–Kier alpha value is -0.700. The highest BCUT2D eigenvalue weighted by molar-refractivity contribution is 7.12. The Kier molecular flexibility index (Phi) is 2.86. The van der Waals surface area contributed by atoms with Crippen LogP contribution < -0.4 is 9.47 Å². The molecule has 0 amide bonds. The molecule has 0 fully saturated rings. The van der Waals surface area contributed by atoms with E-state index in [1.54, 1.807) is 25.6 Å². The van der Waals surface area contributed by atoms with Crippen LogP contribution in [-0.4, -0.2) is 14.2 Å². The van der Waals surface area contributed by atoms with Gasteiger partial charge in [0.2, 0.25) is 0 Å². The molecule has 0 aliphatic heterocycles. The molecule has 1 aromatic heterocycles. The average Bonchev–Trinajstić information content (AvgIpc) is 2.45. The molecule has 0 aliphatic carbocycles. The van der Waals surface area contributed by atoms with Gasteiger partial charge in [-0.2, -0.15) is 0 Å². The fourth-order valence-electron chi connectivity index (χ4n) is 1.30. The summed E-state index contributed by atoms with van der Waals surface area (Å²) in [5, 5.41) is 2.93. The van der Waals surface area contributed by atoms with Crippen LogP contribution in [0.4, 0.5) is 0 Å². The lowest BCUT2D eigenvalue weighted by atomic mass is 9.88. The Bertz CT molecular complexity index is 262. The number of thiophene rings is 1. The fraction of sp³-hybridized carbons (Fsp3) is 0.600. The number of ether oxygens (including phenoxy) is 2. The zero-order valence-electron chi connectivity index (χ0n) is 8.80. The maximum Gasteiger partial charge on any atom is 0.180 e. The first-order valence-electron chi connectivity index (χ1n) is 4.20. The number of methoxy groups -OCH3 is 2. The summed E-state index contributed by atoms with van der Waals surface area (Å²) in [6, 6.07) is 0. The lowest BCUT2D eigenvalue weighted by molar-refractivity contribution is 0.379. The lowest BCUT2D eigenvalue weighted by Gasteiger charge is -2.20. The second kappa shape index (κ2) is 3.58. The molecule has 0 saturated carbocycles. The smallest absolute Gasteiger partial charge is 0.180 e. The zero-order chi connectivity index (χ0) is 10.1. The lowest BCUT2D eigenvalue weighted by Crippen LogP contribution is -2.12. The topological polar surface area (TPSA) is 18.5 Å². The first kappa shape index (κ1) is 10.4. The molecule has 2 nitrogen and oxygen atoms in total. The van der Waals surface area contributed by atoms with Crippen molar-refractivity contribution in [2.75, 3.05) is 14.2 Å². The molecule has 0 spiro atoms. The van der Waals surface area contributed by atoms with Gasteiger partial charge in [-0.3, -0.25) is 0 Å². The normalized spacial score (nSPS) is 11.5. The van der Waals surface area contributed by atoms with Crippen molar-refractivity contribution in [3.8, 4) is 10.8 Å². The minimum Gasteiger partial charge on any atom is -0.495 e. The summed E-state index contributed by atoms with van der Waals surface area (Å²) in [6.07, 6.45) is 0. The van der Waals surface area contributed by atoms with Crippen LogP contribution in [-0.2, 0) is 5.41 Å². The summed E-state index contributed by atoms with van der Waals surface area (Å²) in [7, 11) is 3.39. The van der Waals surface area contributed by atoms with Gasteiger partial charge in [-0.25, -0.2) is 0 Å². The molecule has 0 saturated heterocycles. The first-order valence-corrected chi connectivity index (χ1v) is 5.08. The quantitative estimate of drug-likeness (QED) is 0.730. The van der Waals surface area contributed by atoms with Crippen LogP contribution in [0.5, 0.6) is 10.8 Å². The second-order valence-corrected chi connectivity index (χ2v) is 4.76. The molecule has 0 unspecified atom stereocenters. The number of hydrogen-bond donors (Lipinski definition) is 0. The summed E-state index contributed by atoms with van der Waals surface area (Å²) in [6.45, 7) is 6.46. The molecule has 1 heterocycles. The minimum atomic E-state index is 0.0662. The van der Waals surface area contributed by atoms with Crippen LogP contribution in [0.3, 0.4) is 0 Å². The van der Waals surface area contributed by atoms with E-state index in [2.05, 4.69) is 20.8 Å². The van der Waals surface area contributed by atoms with Gasteiger partial charge in [0.1, 0.15) is 5.75 Å². The van der Waals surface area contributed by atoms with Crippen LogP contribution in [0.2, 0.25) is 0 Å². The van der Waals surface area contributed by atoms with E-state index < -0.39 is 0 Å². The highest BCUT2D eigenvalue weighted by atomic mass is 32.1. The third-order valence-corrected chi connectivity index (χ3v) is 2.80. The van der Waals surface area contributed by atoms with Crippen molar-refractivity contribution in [2.24, 2.45) is 0 Å². The van der Waals surface area contributed by atoms with E-state index in [1.807, 2.05) is 5.38 Å². The predicted molar refractivity (Wildman–Crippen MR) is 56.1 cm³/mol. The van der Waals surface area contributed by atoms with Gasteiger partial charge in [-0.1, -0.05) is 20.8 Å². The Morgan fingerprint density at radius 1 is 1.15 bits per heavy atom. The molecule has 74 valence electrons. The van der Waals surface area contributed by atoms with Gasteiger partial charge in [0.25, 0.3) is 0 Å². The molecular weight excluding hydrogens is 184 g/mol. The Labute approximate surface area is 83.5 Å². The largest absolute Gasteiger partial charge is 0.495 e. The maximum atomic E-state index is 5.29. The highest BCUT2D eigenvalue weighted by Gasteiger charge is 2.25. The van der Waals surface area contributed by atoms with Crippen molar-refractivity contribution < 1.29 is 9.47 Å². The number of rotatable bonds is 2. The predicted octanol–water partition coefficient (Wildman–Crippen LogP) is 3.06. The summed E-state index contributed by atoms with van der Waals surface area (Å²) in [5.41, 5.74) is 1.22. The second-order valence-electron chi connectivity index (χ2n) is 3.92. The van der Waals surface area contributed by atoms with Crippen molar-refractivity contribution >= 4 is 11.3 Å². The standard InChI is InChI=1S/C10H16O2S/c1-10(2,3)8-7(11-4)6-13-9(8)12-5/h6H,1-5H3. The SMILES string of the molecule is COc1csc(OC)c1C(C)(C)C. The van der Waals surface area contributed by atoms with Crippen LogP contribution in [0.25, 0.3) is 0 Å². The van der Waals surface area contributed by atoms with Crippen LogP contribution in [0, 0.1) is 0 Å². The zero-order valence-corrected chi connectivity index (χ0v) is 9.62. The molecule has 13 heavy (non-hydrogen) atoms. The highest BCUT2D eigenvalue weighted by Crippen LogP contribution is 2.43. The van der Waals surface area contributed by atoms with E-state index in [9.17, 15) is 0 Å². The van der Waals surface area contributed by atoms with Crippen molar-refractivity contribution in [2.45, 2.75) is 26.2 Å². The van der Waals surface area contributed by atoms with E-state index in [-0.39, 0.29) is 5.41 Å². The van der Waals surface area contributed by atoms with E-state index in [1.165, 1.54) is 0 Å². The average molecular weight is 200 g/mol. The van der Waals surface area contributed by atoms with Crippen molar-refractivity contribution in [3.63, 3.8) is 0 Å². The molecule has 1 aromatic rings.